The zero-order valence-electron chi connectivity index (χ0n) is 9.44. The molecule has 0 unspecified atom stereocenters. The fraction of sp³-hybridized carbons (Fsp3) is 0.417. The number of amides is 1. The maximum Gasteiger partial charge on any atom is 0.240 e. The molecule has 1 aromatic carbocycles. The fourth-order valence-corrected chi connectivity index (χ4v) is 2.00. The molecule has 4 nitrogen and oxygen atoms in total. The van der Waals surface area contributed by atoms with Gasteiger partial charge in [0.1, 0.15) is 5.54 Å². The zero-order valence-corrected chi connectivity index (χ0v) is 9.44. The van der Waals surface area contributed by atoms with Gasteiger partial charge in [0, 0.05) is 19.6 Å². The summed E-state index contributed by atoms with van der Waals surface area (Å²) in [5.41, 5.74) is 6.15. The van der Waals surface area contributed by atoms with Crippen LogP contribution in [-0.4, -0.2) is 36.5 Å². The van der Waals surface area contributed by atoms with Gasteiger partial charge in [0.15, 0.2) is 0 Å². The van der Waals surface area contributed by atoms with E-state index in [-0.39, 0.29) is 5.91 Å². The van der Waals surface area contributed by atoms with Gasteiger partial charge in [-0.15, -0.1) is 0 Å². The Morgan fingerprint density at radius 3 is 2.50 bits per heavy atom. The van der Waals surface area contributed by atoms with Crippen molar-refractivity contribution >= 4 is 5.91 Å². The molecule has 0 bridgehead atoms. The predicted molar refractivity (Wildman–Crippen MR) is 62.7 cm³/mol. The van der Waals surface area contributed by atoms with Crippen molar-refractivity contribution in [3.05, 3.63) is 35.9 Å². The summed E-state index contributed by atoms with van der Waals surface area (Å²) in [5, 5.41) is 3.11. The lowest BCUT2D eigenvalue weighted by molar-refractivity contribution is -0.133. The van der Waals surface area contributed by atoms with Crippen molar-refractivity contribution in [2.75, 3.05) is 20.1 Å². The number of nitrogens with one attached hydrogen (secondary N) is 1. The van der Waals surface area contributed by atoms with Gasteiger partial charge in [0.2, 0.25) is 5.91 Å². The Morgan fingerprint density at radius 2 is 2.06 bits per heavy atom. The van der Waals surface area contributed by atoms with Crippen LogP contribution in [0.2, 0.25) is 0 Å². The Balaban J connectivity index is 2.08. The van der Waals surface area contributed by atoms with Crippen molar-refractivity contribution in [1.82, 2.24) is 10.2 Å². The summed E-state index contributed by atoms with van der Waals surface area (Å²) < 4.78 is 0. The van der Waals surface area contributed by atoms with Crippen LogP contribution in [-0.2, 0) is 11.3 Å². The van der Waals surface area contributed by atoms with E-state index in [1.165, 1.54) is 5.56 Å². The van der Waals surface area contributed by atoms with Gasteiger partial charge in [0.05, 0.1) is 0 Å². The summed E-state index contributed by atoms with van der Waals surface area (Å²) in [6.45, 7) is 2.03. The molecule has 0 saturated carbocycles. The highest BCUT2D eigenvalue weighted by Crippen LogP contribution is 2.20. The molecule has 86 valence electrons. The molecule has 0 aliphatic carbocycles. The molecule has 2 rings (SSSR count). The van der Waals surface area contributed by atoms with Crippen LogP contribution < -0.4 is 11.1 Å². The first kappa shape index (κ1) is 11.1. The van der Waals surface area contributed by atoms with E-state index in [2.05, 4.69) is 17.4 Å². The Labute approximate surface area is 95.4 Å². The summed E-state index contributed by atoms with van der Waals surface area (Å²) in [6, 6.07) is 10.1. The molecule has 1 amide bonds. The van der Waals surface area contributed by atoms with Crippen molar-refractivity contribution in [3.63, 3.8) is 0 Å². The number of hydrogen-bond acceptors (Lipinski definition) is 3. The van der Waals surface area contributed by atoms with Crippen LogP contribution in [0.5, 0.6) is 0 Å². The third-order valence-corrected chi connectivity index (χ3v) is 3.29. The van der Waals surface area contributed by atoms with E-state index < -0.39 is 5.54 Å². The molecule has 1 saturated heterocycles. The molecule has 0 aromatic heterocycles. The smallest absolute Gasteiger partial charge is 0.240 e. The number of benzene rings is 1. The van der Waals surface area contributed by atoms with Crippen molar-refractivity contribution in [2.45, 2.75) is 12.1 Å². The Hall–Kier alpha value is -1.39. The first-order chi connectivity index (χ1) is 7.65. The summed E-state index contributed by atoms with van der Waals surface area (Å²) in [5.74, 6) is -0.246. The number of rotatable bonds is 4. The van der Waals surface area contributed by atoms with Gasteiger partial charge in [0.25, 0.3) is 0 Å². The van der Waals surface area contributed by atoms with Crippen molar-refractivity contribution in [2.24, 2.45) is 5.73 Å². The van der Waals surface area contributed by atoms with Gasteiger partial charge in [-0.05, 0) is 12.6 Å². The van der Waals surface area contributed by atoms with Gasteiger partial charge >= 0.3 is 0 Å². The molecule has 1 heterocycles. The van der Waals surface area contributed by atoms with Crippen LogP contribution in [0.3, 0.4) is 0 Å². The number of nitrogens with two attached hydrogens (primary N) is 1. The monoisotopic (exact) mass is 219 g/mol. The molecule has 3 N–H and O–H groups in total. The number of hydrogen-bond donors (Lipinski definition) is 2. The summed E-state index contributed by atoms with van der Waals surface area (Å²) >= 11 is 0. The van der Waals surface area contributed by atoms with Crippen molar-refractivity contribution in [1.29, 1.82) is 0 Å². The van der Waals surface area contributed by atoms with E-state index in [4.69, 9.17) is 5.73 Å². The standard InChI is InChI=1S/C12H17N3O/c1-15(7-10-5-3-2-4-6-10)12(11(13)16)8-14-9-12/h2-6,14H,7-9H2,1H3,(H2,13,16). The maximum atomic E-state index is 11.5. The second-order valence-electron chi connectivity index (χ2n) is 4.34. The van der Waals surface area contributed by atoms with E-state index in [1.807, 2.05) is 30.1 Å². The quantitative estimate of drug-likeness (QED) is 0.746. The van der Waals surface area contributed by atoms with E-state index in [1.54, 1.807) is 0 Å². The molecule has 1 aromatic rings. The molecule has 1 fully saturated rings. The topological polar surface area (TPSA) is 58.4 Å². The lowest BCUT2D eigenvalue weighted by Gasteiger charge is -2.46. The van der Waals surface area contributed by atoms with E-state index in [0.717, 1.165) is 6.54 Å². The summed E-state index contributed by atoms with van der Waals surface area (Å²) in [7, 11) is 1.94. The molecule has 0 spiro atoms. The minimum atomic E-state index is -0.504. The molecule has 0 atom stereocenters. The summed E-state index contributed by atoms with van der Waals surface area (Å²) in [4.78, 5) is 13.5. The maximum absolute atomic E-state index is 11.5. The van der Waals surface area contributed by atoms with Crippen LogP contribution in [0.25, 0.3) is 0 Å². The molecule has 16 heavy (non-hydrogen) atoms. The van der Waals surface area contributed by atoms with E-state index in [0.29, 0.717) is 13.1 Å². The predicted octanol–water partition coefficient (Wildman–Crippen LogP) is -0.0543. The SMILES string of the molecule is CN(Cc1ccccc1)C1(C(N)=O)CNC1. The highest BCUT2D eigenvalue weighted by Gasteiger charge is 2.46. The Kier molecular flexibility index (Phi) is 2.94. The van der Waals surface area contributed by atoms with Crippen molar-refractivity contribution < 1.29 is 4.79 Å². The van der Waals surface area contributed by atoms with E-state index >= 15 is 0 Å². The molecular formula is C12H17N3O. The summed E-state index contributed by atoms with van der Waals surface area (Å²) in [6.07, 6.45) is 0. The first-order valence-corrected chi connectivity index (χ1v) is 5.41. The third-order valence-electron chi connectivity index (χ3n) is 3.29. The second-order valence-corrected chi connectivity index (χ2v) is 4.34. The van der Waals surface area contributed by atoms with Gasteiger partial charge in [-0.1, -0.05) is 30.3 Å². The number of primary amides is 1. The Bertz CT molecular complexity index is 373. The third kappa shape index (κ3) is 1.81. The normalized spacial score (nSPS) is 18.1. The molecule has 4 heteroatoms. The van der Waals surface area contributed by atoms with Gasteiger partial charge in [-0.2, -0.15) is 0 Å². The van der Waals surface area contributed by atoms with Crippen LogP contribution >= 0.6 is 0 Å². The highest BCUT2D eigenvalue weighted by molar-refractivity contribution is 5.86. The van der Waals surface area contributed by atoms with Crippen LogP contribution in [0, 0.1) is 0 Å². The number of carbonyl (C=O) groups excluding carboxylic acids is 1. The minimum Gasteiger partial charge on any atom is -0.368 e. The lowest BCUT2D eigenvalue weighted by Crippen LogP contribution is -2.73. The molecule has 0 radical (unpaired) electrons. The molecular weight excluding hydrogens is 202 g/mol. The average molecular weight is 219 g/mol. The first-order valence-electron chi connectivity index (χ1n) is 5.41. The molecule has 1 aliphatic rings. The minimum absolute atomic E-state index is 0.246. The van der Waals surface area contributed by atoms with E-state index in [9.17, 15) is 4.79 Å². The highest BCUT2D eigenvalue weighted by atomic mass is 16.1. The van der Waals surface area contributed by atoms with Gasteiger partial charge in [-0.3, -0.25) is 9.69 Å². The van der Waals surface area contributed by atoms with Crippen LogP contribution in [0.15, 0.2) is 30.3 Å². The van der Waals surface area contributed by atoms with Gasteiger partial charge < -0.3 is 11.1 Å². The van der Waals surface area contributed by atoms with Crippen LogP contribution in [0.1, 0.15) is 5.56 Å². The van der Waals surface area contributed by atoms with Crippen LogP contribution in [0.4, 0.5) is 0 Å². The van der Waals surface area contributed by atoms with Gasteiger partial charge in [-0.25, -0.2) is 0 Å². The van der Waals surface area contributed by atoms with Crippen molar-refractivity contribution in [3.8, 4) is 0 Å². The second kappa shape index (κ2) is 4.23. The zero-order chi connectivity index (χ0) is 11.6. The lowest BCUT2D eigenvalue weighted by atomic mass is 9.89. The number of likely N-dealkylation sites (N-methyl/N-ethyl adjacent to an activating group) is 1. The number of nitrogens with zero attached hydrogens (tertiary/aromatic N) is 1. The number of carbonyl (C=O) groups is 1. The fourth-order valence-electron chi connectivity index (χ4n) is 2.00. The Morgan fingerprint density at radius 1 is 1.44 bits per heavy atom. The largest absolute Gasteiger partial charge is 0.368 e. The molecule has 1 aliphatic heterocycles. The average Bonchev–Trinajstić information content (AvgIpc) is 2.16.